The number of rotatable bonds is 4. The standard InChI is InChI=1S/C15H12Cl2N2O2/c16-8-9-1-3-10(4-2-9)15(21)19-11-5-6-13(17)12(7-11)14(18)20/h1-7H,8H2,(H2,18,20)(H,19,21). The number of hydrogen-bond acceptors (Lipinski definition) is 2. The number of alkyl halides is 1. The number of anilines is 1. The van der Waals surface area contributed by atoms with Gasteiger partial charge in [-0.15, -0.1) is 11.6 Å². The molecule has 0 saturated heterocycles. The fourth-order valence-corrected chi connectivity index (χ4v) is 2.13. The van der Waals surface area contributed by atoms with Crippen LogP contribution in [0.15, 0.2) is 42.5 Å². The molecule has 0 spiro atoms. The largest absolute Gasteiger partial charge is 0.366 e. The van der Waals surface area contributed by atoms with E-state index in [0.717, 1.165) is 5.56 Å². The van der Waals surface area contributed by atoms with Crippen LogP contribution in [0.25, 0.3) is 0 Å². The lowest BCUT2D eigenvalue weighted by molar-refractivity contribution is 0.0996. The molecule has 108 valence electrons. The Hall–Kier alpha value is -2.04. The normalized spacial score (nSPS) is 10.2. The first-order valence-corrected chi connectivity index (χ1v) is 6.98. The van der Waals surface area contributed by atoms with E-state index in [-0.39, 0.29) is 16.5 Å². The van der Waals surface area contributed by atoms with Crippen LogP contribution in [0, 0.1) is 0 Å². The molecular formula is C15H12Cl2N2O2. The molecule has 0 fully saturated rings. The fraction of sp³-hybridized carbons (Fsp3) is 0.0667. The maximum Gasteiger partial charge on any atom is 0.255 e. The highest BCUT2D eigenvalue weighted by atomic mass is 35.5. The SMILES string of the molecule is NC(=O)c1cc(NC(=O)c2ccc(CCl)cc2)ccc1Cl. The van der Waals surface area contributed by atoms with Crippen LogP contribution < -0.4 is 11.1 Å². The van der Waals surface area contributed by atoms with E-state index in [4.69, 9.17) is 28.9 Å². The molecular weight excluding hydrogens is 311 g/mol. The molecule has 0 aliphatic rings. The Morgan fingerprint density at radius 2 is 1.76 bits per heavy atom. The Morgan fingerprint density at radius 3 is 2.33 bits per heavy atom. The van der Waals surface area contributed by atoms with Gasteiger partial charge in [0.15, 0.2) is 0 Å². The van der Waals surface area contributed by atoms with Crippen LogP contribution in [0.4, 0.5) is 5.69 Å². The Balaban J connectivity index is 2.19. The van der Waals surface area contributed by atoms with Crippen LogP contribution in [0.1, 0.15) is 26.3 Å². The zero-order valence-electron chi connectivity index (χ0n) is 10.9. The third-order valence-corrected chi connectivity index (χ3v) is 3.50. The lowest BCUT2D eigenvalue weighted by Gasteiger charge is -2.08. The van der Waals surface area contributed by atoms with Crippen molar-refractivity contribution in [2.45, 2.75) is 5.88 Å². The van der Waals surface area contributed by atoms with E-state index < -0.39 is 5.91 Å². The average molecular weight is 323 g/mol. The molecule has 6 heteroatoms. The molecule has 0 atom stereocenters. The molecule has 0 unspecified atom stereocenters. The zero-order chi connectivity index (χ0) is 15.4. The highest BCUT2D eigenvalue weighted by Crippen LogP contribution is 2.20. The molecule has 0 aliphatic carbocycles. The van der Waals surface area contributed by atoms with Crippen molar-refractivity contribution in [3.05, 3.63) is 64.2 Å². The number of carbonyl (C=O) groups excluding carboxylic acids is 2. The summed E-state index contributed by atoms with van der Waals surface area (Å²) in [6, 6.07) is 11.5. The summed E-state index contributed by atoms with van der Waals surface area (Å²) in [5.74, 6) is -0.558. The van der Waals surface area contributed by atoms with Gasteiger partial charge in [0.2, 0.25) is 5.91 Å². The monoisotopic (exact) mass is 322 g/mol. The quantitative estimate of drug-likeness (QED) is 0.846. The molecule has 2 aromatic carbocycles. The maximum absolute atomic E-state index is 12.1. The lowest BCUT2D eigenvalue weighted by atomic mass is 10.1. The maximum atomic E-state index is 12.1. The summed E-state index contributed by atoms with van der Waals surface area (Å²) in [5.41, 5.74) is 7.22. The number of nitrogens with one attached hydrogen (secondary N) is 1. The number of carbonyl (C=O) groups is 2. The van der Waals surface area contributed by atoms with Gasteiger partial charge in [0, 0.05) is 17.1 Å². The van der Waals surface area contributed by atoms with Gasteiger partial charge in [-0.1, -0.05) is 23.7 Å². The number of hydrogen-bond donors (Lipinski definition) is 2. The summed E-state index contributed by atoms with van der Waals surface area (Å²) in [4.78, 5) is 23.3. The second-order valence-electron chi connectivity index (χ2n) is 4.34. The predicted molar refractivity (Wildman–Crippen MR) is 83.9 cm³/mol. The smallest absolute Gasteiger partial charge is 0.255 e. The van der Waals surface area contributed by atoms with Crippen molar-refractivity contribution in [1.82, 2.24) is 0 Å². The van der Waals surface area contributed by atoms with E-state index in [9.17, 15) is 9.59 Å². The van der Waals surface area contributed by atoms with Crippen molar-refractivity contribution >= 4 is 40.7 Å². The van der Waals surface area contributed by atoms with Gasteiger partial charge in [0.1, 0.15) is 0 Å². The van der Waals surface area contributed by atoms with E-state index in [2.05, 4.69) is 5.32 Å². The van der Waals surface area contributed by atoms with Crippen molar-refractivity contribution in [3.63, 3.8) is 0 Å². The molecule has 0 aliphatic heterocycles. The first-order chi connectivity index (χ1) is 10.0. The number of nitrogens with two attached hydrogens (primary N) is 1. The highest BCUT2D eigenvalue weighted by Gasteiger charge is 2.10. The van der Waals surface area contributed by atoms with Gasteiger partial charge in [-0.25, -0.2) is 0 Å². The first kappa shape index (κ1) is 15.4. The van der Waals surface area contributed by atoms with Crippen molar-refractivity contribution in [1.29, 1.82) is 0 Å². The molecule has 0 aromatic heterocycles. The average Bonchev–Trinajstić information content (AvgIpc) is 2.49. The molecule has 2 aromatic rings. The molecule has 2 rings (SSSR count). The van der Waals surface area contributed by atoms with Gasteiger partial charge in [-0.2, -0.15) is 0 Å². The van der Waals surface area contributed by atoms with Crippen LogP contribution in [-0.2, 0) is 5.88 Å². The summed E-state index contributed by atoms with van der Waals surface area (Å²) in [7, 11) is 0. The number of amides is 2. The van der Waals surface area contributed by atoms with Crippen molar-refractivity contribution < 1.29 is 9.59 Å². The van der Waals surface area contributed by atoms with E-state index in [0.29, 0.717) is 17.1 Å². The van der Waals surface area contributed by atoms with Gasteiger partial charge >= 0.3 is 0 Å². The highest BCUT2D eigenvalue weighted by molar-refractivity contribution is 6.34. The van der Waals surface area contributed by atoms with Crippen molar-refractivity contribution in [2.24, 2.45) is 5.73 Å². The Morgan fingerprint density at radius 1 is 1.10 bits per heavy atom. The summed E-state index contributed by atoms with van der Waals surface area (Å²) in [6.45, 7) is 0. The first-order valence-electron chi connectivity index (χ1n) is 6.07. The molecule has 0 heterocycles. The Bertz CT molecular complexity index is 685. The van der Waals surface area contributed by atoms with Gasteiger partial charge < -0.3 is 11.1 Å². The molecule has 3 N–H and O–H groups in total. The summed E-state index contributed by atoms with van der Waals surface area (Å²) in [5, 5.41) is 2.92. The van der Waals surface area contributed by atoms with Gasteiger partial charge in [0.25, 0.3) is 5.91 Å². The number of benzene rings is 2. The topological polar surface area (TPSA) is 72.2 Å². The third-order valence-electron chi connectivity index (χ3n) is 2.86. The Labute approximate surface area is 131 Å². The minimum absolute atomic E-state index is 0.159. The van der Waals surface area contributed by atoms with E-state index in [1.807, 2.05) is 0 Å². The van der Waals surface area contributed by atoms with Crippen LogP contribution >= 0.6 is 23.2 Å². The molecule has 0 bridgehead atoms. The van der Waals surface area contributed by atoms with E-state index in [1.54, 1.807) is 30.3 Å². The number of primary amides is 1. The minimum atomic E-state index is -0.650. The summed E-state index contributed by atoms with van der Waals surface area (Å²) >= 11 is 11.5. The molecule has 0 saturated carbocycles. The molecule has 2 amide bonds. The molecule has 4 nitrogen and oxygen atoms in total. The van der Waals surface area contributed by atoms with Crippen LogP contribution in [0.5, 0.6) is 0 Å². The summed E-state index contributed by atoms with van der Waals surface area (Å²) in [6.07, 6.45) is 0. The molecule has 0 radical (unpaired) electrons. The second-order valence-corrected chi connectivity index (χ2v) is 5.02. The van der Waals surface area contributed by atoms with Gasteiger partial charge in [0.05, 0.1) is 10.6 Å². The Kier molecular flexibility index (Phi) is 4.83. The van der Waals surface area contributed by atoms with Crippen LogP contribution in [0.2, 0.25) is 5.02 Å². The lowest BCUT2D eigenvalue weighted by Crippen LogP contribution is -2.15. The zero-order valence-corrected chi connectivity index (χ0v) is 12.4. The summed E-state index contributed by atoms with van der Waals surface area (Å²) < 4.78 is 0. The third kappa shape index (κ3) is 3.74. The van der Waals surface area contributed by atoms with E-state index >= 15 is 0 Å². The van der Waals surface area contributed by atoms with Gasteiger partial charge in [-0.05, 0) is 35.9 Å². The molecule has 21 heavy (non-hydrogen) atoms. The number of halogens is 2. The second kappa shape index (κ2) is 6.61. The van der Waals surface area contributed by atoms with Gasteiger partial charge in [-0.3, -0.25) is 9.59 Å². The van der Waals surface area contributed by atoms with Crippen molar-refractivity contribution in [2.75, 3.05) is 5.32 Å². The van der Waals surface area contributed by atoms with Crippen LogP contribution in [-0.4, -0.2) is 11.8 Å². The minimum Gasteiger partial charge on any atom is -0.366 e. The predicted octanol–water partition coefficient (Wildman–Crippen LogP) is 3.43. The van der Waals surface area contributed by atoms with Crippen molar-refractivity contribution in [3.8, 4) is 0 Å². The fourth-order valence-electron chi connectivity index (χ4n) is 1.74. The van der Waals surface area contributed by atoms with Crippen LogP contribution in [0.3, 0.4) is 0 Å². The van der Waals surface area contributed by atoms with E-state index in [1.165, 1.54) is 12.1 Å².